The molecule has 14 heavy (non-hydrogen) atoms. The van der Waals surface area contributed by atoms with E-state index < -0.39 is 0 Å². The van der Waals surface area contributed by atoms with E-state index in [-0.39, 0.29) is 5.38 Å². The second kappa shape index (κ2) is 6.44. The van der Waals surface area contributed by atoms with E-state index in [2.05, 4.69) is 19.1 Å². The third-order valence-electron chi connectivity index (χ3n) is 2.12. The summed E-state index contributed by atoms with van der Waals surface area (Å²) in [5.74, 6) is 0. The van der Waals surface area contributed by atoms with Crippen molar-refractivity contribution in [3.63, 3.8) is 0 Å². The van der Waals surface area contributed by atoms with Gasteiger partial charge >= 0.3 is 0 Å². The van der Waals surface area contributed by atoms with Crippen molar-refractivity contribution in [2.45, 2.75) is 31.6 Å². The predicted octanol–water partition coefficient (Wildman–Crippen LogP) is 3.50. The van der Waals surface area contributed by atoms with E-state index >= 15 is 0 Å². The van der Waals surface area contributed by atoms with Crippen molar-refractivity contribution < 1.29 is 4.74 Å². The molecule has 0 saturated heterocycles. The lowest BCUT2D eigenvalue weighted by atomic mass is 10.2. The molecule has 0 bridgehead atoms. The number of thiophene rings is 1. The highest BCUT2D eigenvalue weighted by Gasteiger charge is 2.05. The molecule has 0 spiro atoms. The summed E-state index contributed by atoms with van der Waals surface area (Å²) in [6.07, 6.45) is 3.20. The van der Waals surface area contributed by atoms with Crippen LogP contribution in [0.1, 0.15) is 23.1 Å². The fourth-order valence-electron chi connectivity index (χ4n) is 1.31. The first kappa shape index (κ1) is 12.0. The Morgan fingerprint density at radius 1 is 1.43 bits per heavy atom. The molecule has 1 aromatic rings. The Kier molecular flexibility index (Phi) is 5.53. The molecule has 1 rings (SSSR count). The highest BCUT2D eigenvalue weighted by Crippen LogP contribution is 2.19. The van der Waals surface area contributed by atoms with Crippen molar-refractivity contribution in [2.75, 3.05) is 13.7 Å². The Morgan fingerprint density at radius 2 is 2.14 bits per heavy atom. The Hall–Kier alpha value is -0.0500. The van der Waals surface area contributed by atoms with E-state index in [9.17, 15) is 0 Å². The first-order valence-corrected chi connectivity index (χ1v) is 6.22. The average molecular weight is 233 g/mol. The lowest BCUT2D eigenvalue weighted by molar-refractivity contribution is 0.195. The monoisotopic (exact) mass is 232 g/mol. The van der Waals surface area contributed by atoms with Gasteiger partial charge in [0, 0.05) is 16.9 Å². The van der Waals surface area contributed by atoms with Gasteiger partial charge in [0.2, 0.25) is 0 Å². The number of hydrogen-bond acceptors (Lipinski definition) is 2. The normalized spacial score (nSPS) is 13.1. The first-order valence-electron chi connectivity index (χ1n) is 4.96. The van der Waals surface area contributed by atoms with Gasteiger partial charge in [-0.05, 0) is 31.4 Å². The van der Waals surface area contributed by atoms with Crippen LogP contribution in [0.3, 0.4) is 0 Å². The fraction of sp³-hybridized carbons (Fsp3) is 0.636. The SMILES string of the molecule is CCc1ccc(CCC(Cl)COC)s1. The average Bonchev–Trinajstić information content (AvgIpc) is 2.63. The molecule has 0 amide bonds. The summed E-state index contributed by atoms with van der Waals surface area (Å²) in [6.45, 7) is 2.83. The molecule has 1 unspecified atom stereocenters. The van der Waals surface area contributed by atoms with Gasteiger partial charge in [-0.1, -0.05) is 6.92 Å². The number of aryl methyl sites for hydroxylation is 2. The van der Waals surface area contributed by atoms with Crippen LogP contribution in [-0.2, 0) is 17.6 Å². The molecular weight excluding hydrogens is 216 g/mol. The van der Waals surface area contributed by atoms with E-state index in [0.717, 1.165) is 19.3 Å². The third-order valence-corrected chi connectivity index (χ3v) is 3.75. The minimum absolute atomic E-state index is 0.146. The summed E-state index contributed by atoms with van der Waals surface area (Å²) in [6, 6.07) is 4.42. The van der Waals surface area contributed by atoms with Crippen molar-refractivity contribution in [3.8, 4) is 0 Å². The number of alkyl halides is 1. The van der Waals surface area contributed by atoms with E-state index in [1.165, 1.54) is 9.75 Å². The van der Waals surface area contributed by atoms with Crippen molar-refractivity contribution >= 4 is 22.9 Å². The smallest absolute Gasteiger partial charge is 0.0626 e. The fourth-order valence-corrected chi connectivity index (χ4v) is 2.52. The van der Waals surface area contributed by atoms with Gasteiger partial charge < -0.3 is 4.74 Å². The summed E-state index contributed by atoms with van der Waals surface area (Å²) in [4.78, 5) is 2.89. The van der Waals surface area contributed by atoms with Crippen molar-refractivity contribution in [1.82, 2.24) is 0 Å². The van der Waals surface area contributed by atoms with Gasteiger partial charge in [0.05, 0.1) is 12.0 Å². The molecule has 0 aliphatic carbocycles. The number of hydrogen-bond donors (Lipinski definition) is 0. The Labute approximate surface area is 95.0 Å². The zero-order chi connectivity index (χ0) is 10.4. The number of methoxy groups -OCH3 is 1. The molecule has 0 aliphatic heterocycles. The molecule has 0 fully saturated rings. The lowest BCUT2D eigenvalue weighted by Crippen LogP contribution is -2.07. The summed E-state index contributed by atoms with van der Waals surface area (Å²) in [7, 11) is 1.69. The lowest BCUT2D eigenvalue weighted by Gasteiger charge is -2.06. The quantitative estimate of drug-likeness (QED) is 0.683. The molecule has 1 atom stereocenters. The van der Waals surface area contributed by atoms with Gasteiger partial charge in [0.15, 0.2) is 0 Å². The van der Waals surface area contributed by atoms with Crippen molar-refractivity contribution in [3.05, 3.63) is 21.9 Å². The van der Waals surface area contributed by atoms with Gasteiger partial charge in [-0.2, -0.15) is 0 Å². The molecule has 0 radical (unpaired) electrons. The zero-order valence-electron chi connectivity index (χ0n) is 8.75. The minimum atomic E-state index is 0.146. The largest absolute Gasteiger partial charge is 0.383 e. The second-order valence-corrected chi connectivity index (χ2v) is 5.18. The number of halogens is 1. The molecule has 0 N–H and O–H groups in total. The van der Waals surface area contributed by atoms with Crippen LogP contribution in [-0.4, -0.2) is 19.1 Å². The molecule has 1 aromatic heterocycles. The van der Waals surface area contributed by atoms with Crippen LogP contribution >= 0.6 is 22.9 Å². The summed E-state index contributed by atoms with van der Waals surface area (Å²) >= 11 is 7.94. The van der Waals surface area contributed by atoms with Crippen LogP contribution in [0.25, 0.3) is 0 Å². The van der Waals surface area contributed by atoms with E-state index in [4.69, 9.17) is 16.3 Å². The minimum Gasteiger partial charge on any atom is -0.383 e. The predicted molar refractivity (Wildman–Crippen MR) is 63.5 cm³/mol. The molecule has 1 heterocycles. The highest BCUT2D eigenvalue weighted by atomic mass is 35.5. The molecule has 0 aliphatic rings. The molecule has 0 saturated carbocycles. The van der Waals surface area contributed by atoms with Gasteiger partial charge in [0.1, 0.15) is 0 Å². The van der Waals surface area contributed by atoms with Crippen molar-refractivity contribution in [2.24, 2.45) is 0 Å². The van der Waals surface area contributed by atoms with Crippen LogP contribution in [0.15, 0.2) is 12.1 Å². The van der Waals surface area contributed by atoms with Crippen molar-refractivity contribution in [1.29, 1.82) is 0 Å². The van der Waals surface area contributed by atoms with Gasteiger partial charge in [-0.25, -0.2) is 0 Å². The Balaban J connectivity index is 2.30. The Bertz CT molecular complexity index is 260. The Morgan fingerprint density at radius 3 is 2.71 bits per heavy atom. The maximum absolute atomic E-state index is 6.05. The molecular formula is C11H17ClOS. The molecule has 0 aromatic carbocycles. The van der Waals surface area contributed by atoms with Gasteiger partial charge in [0.25, 0.3) is 0 Å². The second-order valence-electron chi connectivity index (χ2n) is 3.31. The highest BCUT2D eigenvalue weighted by molar-refractivity contribution is 7.11. The summed E-state index contributed by atoms with van der Waals surface area (Å²) in [5.41, 5.74) is 0. The first-order chi connectivity index (χ1) is 6.76. The van der Waals surface area contributed by atoms with E-state index in [1.807, 2.05) is 11.3 Å². The molecule has 80 valence electrons. The standard InChI is InChI=1S/C11H17ClOS/c1-3-10-6-7-11(14-10)5-4-9(12)8-13-2/h6-7,9H,3-5,8H2,1-2H3. The van der Waals surface area contributed by atoms with Crippen LogP contribution in [0.2, 0.25) is 0 Å². The third kappa shape index (κ3) is 3.99. The van der Waals surface area contributed by atoms with Crippen LogP contribution in [0.5, 0.6) is 0 Å². The van der Waals surface area contributed by atoms with Crippen LogP contribution in [0.4, 0.5) is 0 Å². The summed E-state index contributed by atoms with van der Waals surface area (Å²) in [5, 5.41) is 0.146. The summed E-state index contributed by atoms with van der Waals surface area (Å²) < 4.78 is 4.99. The molecule has 1 nitrogen and oxygen atoms in total. The van der Waals surface area contributed by atoms with Gasteiger partial charge in [-0.3, -0.25) is 0 Å². The molecule has 3 heteroatoms. The van der Waals surface area contributed by atoms with E-state index in [0.29, 0.717) is 6.61 Å². The number of ether oxygens (including phenoxy) is 1. The number of rotatable bonds is 6. The van der Waals surface area contributed by atoms with Crippen LogP contribution < -0.4 is 0 Å². The zero-order valence-corrected chi connectivity index (χ0v) is 10.3. The maximum atomic E-state index is 6.05. The topological polar surface area (TPSA) is 9.23 Å². The maximum Gasteiger partial charge on any atom is 0.0626 e. The van der Waals surface area contributed by atoms with Crippen LogP contribution in [0, 0.1) is 0 Å². The van der Waals surface area contributed by atoms with E-state index in [1.54, 1.807) is 7.11 Å². The van der Waals surface area contributed by atoms with Gasteiger partial charge in [-0.15, -0.1) is 22.9 Å².